The molecule has 0 radical (unpaired) electrons. The molecule has 6 heteroatoms. The molecule has 0 spiro atoms. The fourth-order valence-electron chi connectivity index (χ4n) is 4.82. The molecule has 2 bridgehead atoms. The third kappa shape index (κ3) is 2.14. The number of rotatable bonds is 2. The lowest BCUT2D eigenvalue weighted by atomic mass is 9.64. The van der Waals surface area contributed by atoms with Crippen LogP contribution in [0.2, 0.25) is 0 Å². The Morgan fingerprint density at radius 3 is 2.42 bits per heavy atom. The van der Waals surface area contributed by atoms with E-state index < -0.39 is 24.0 Å². The second-order valence-corrected chi connectivity index (χ2v) is 7.18. The van der Waals surface area contributed by atoms with Gasteiger partial charge in [-0.2, -0.15) is 0 Å². The number of ether oxygens (including phenoxy) is 1. The standard InChI is InChI=1S/C20H22N2O4/c1-4-26-20(25)21-12(3)14-10-11(2)17(21)16-15(14)18(23)22(19(16)24)13-8-6-5-7-9-13/h5-10,12,14-17H,4H2,1-3H3/t12-,14+,15+,16+,17+/m1/s1. The van der Waals surface area contributed by atoms with Gasteiger partial charge in [-0.3, -0.25) is 14.5 Å². The number of hydrogen-bond acceptors (Lipinski definition) is 4. The van der Waals surface area contributed by atoms with Crippen molar-refractivity contribution in [2.45, 2.75) is 32.9 Å². The number of hydrogen-bond donors (Lipinski definition) is 0. The van der Waals surface area contributed by atoms with Gasteiger partial charge in [-0.25, -0.2) is 9.69 Å². The van der Waals surface area contributed by atoms with E-state index in [1.54, 1.807) is 24.0 Å². The van der Waals surface area contributed by atoms with Crippen LogP contribution in [0.5, 0.6) is 0 Å². The molecule has 1 aromatic rings. The molecule has 6 nitrogen and oxygen atoms in total. The SMILES string of the molecule is CCOC(=O)N1[C@H](C)[C@@H]2C=C(C)[C@H]1[C@H]1C(=O)N(c3ccccc3)C(=O)[C@@H]21. The van der Waals surface area contributed by atoms with E-state index in [4.69, 9.17) is 4.74 Å². The summed E-state index contributed by atoms with van der Waals surface area (Å²) in [5.41, 5.74) is 1.54. The first-order valence-electron chi connectivity index (χ1n) is 9.03. The van der Waals surface area contributed by atoms with Gasteiger partial charge in [0.15, 0.2) is 0 Å². The lowest BCUT2D eigenvalue weighted by Crippen LogP contribution is -2.63. The molecule has 0 N–H and O–H groups in total. The Hall–Kier alpha value is -2.63. The van der Waals surface area contributed by atoms with E-state index in [2.05, 4.69) is 6.08 Å². The molecule has 3 heterocycles. The fourth-order valence-corrected chi connectivity index (χ4v) is 4.82. The summed E-state index contributed by atoms with van der Waals surface area (Å²) in [5.74, 6) is -1.54. The Labute approximate surface area is 152 Å². The number of carbonyl (C=O) groups is 3. The molecule has 0 unspecified atom stereocenters. The molecule has 2 saturated heterocycles. The number of piperidine rings is 1. The highest BCUT2D eigenvalue weighted by Crippen LogP contribution is 2.51. The zero-order chi connectivity index (χ0) is 18.6. The van der Waals surface area contributed by atoms with Crippen LogP contribution < -0.4 is 4.90 Å². The molecule has 0 aromatic heterocycles. The number of amides is 3. The summed E-state index contributed by atoms with van der Waals surface area (Å²) < 4.78 is 5.22. The number of para-hydroxylation sites is 1. The maximum Gasteiger partial charge on any atom is 0.410 e. The average molecular weight is 354 g/mol. The summed E-state index contributed by atoms with van der Waals surface area (Å²) in [6.07, 6.45) is 1.64. The molecule has 1 aromatic carbocycles. The van der Waals surface area contributed by atoms with Gasteiger partial charge < -0.3 is 4.74 Å². The molecule has 0 saturated carbocycles. The van der Waals surface area contributed by atoms with Crippen molar-refractivity contribution in [2.75, 3.05) is 11.5 Å². The summed E-state index contributed by atoms with van der Waals surface area (Å²) in [5, 5.41) is 0. The van der Waals surface area contributed by atoms with Crippen LogP contribution in [0.4, 0.5) is 10.5 Å². The second-order valence-electron chi connectivity index (χ2n) is 7.18. The molecule has 3 aliphatic heterocycles. The summed E-state index contributed by atoms with van der Waals surface area (Å²) in [6, 6.07) is 8.39. The first-order valence-corrected chi connectivity index (χ1v) is 9.03. The van der Waals surface area contributed by atoms with Crippen LogP contribution in [-0.4, -0.2) is 41.5 Å². The largest absolute Gasteiger partial charge is 0.450 e. The quantitative estimate of drug-likeness (QED) is 0.605. The third-order valence-electron chi connectivity index (χ3n) is 5.86. The van der Waals surface area contributed by atoms with Crippen LogP contribution in [0.3, 0.4) is 0 Å². The van der Waals surface area contributed by atoms with Gasteiger partial charge >= 0.3 is 6.09 Å². The predicted octanol–water partition coefficient (Wildman–Crippen LogP) is 2.60. The normalized spacial score (nSPS) is 32.6. The van der Waals surface area contributed by atoms with Gasteiger partial charge in [-0.05, 0) is 32.9 Å². The van der Waals surface area contributed by atoms with E-state index in [0.29, 0.717) is 5.69 Å². The Bertz CT molecular complexity index is 803. The molecule has 5 rings (SSSR count). The van der Waals surface area contributed by atoms with Gasteiger partial charge in [-0.1, -0.05) is 29.8 Å². The number of carbonyl (C=O) groups excluding carboxylic acids is 3. The Morgan fingerprint density at radius 1 is 1.12 bits per heavy atom. The first kappa shape index (κ1) is 16.8. The van der Waals surface area contributed by atoms with E-state index in [9.17, 15) is 14.4 Å². The molecular formula is C20H22N2O4. The van der Waals surface area contributed by atoms with Crippen molar-refractivity contribution in [2.24, 2.45) is 17.8 Å². The van der Waals surface area contributed by atoms with Gasteiger partial charge in [0.1, 0.15) is 0 Å². The zero-order valence-corrected chi connectivity index (χ0v) is 15.1. The van der Waals surface area contributed by atoms with Gasteiger partial charge in [0, 0.05) is 12.0 Å². The van der Waals surface area contributed by atoms with E-state index in [1.165, 1.54) is 4.90 Å². The van der Waals surface area contributed by atoms with Gasteiger partial charge in [-0.15, -0.1) is 0 Å². The lowest BCUT2D eigenvalue weighted by molar-refractivity contribution is -0.128. The predicted molar refractivity (Wildman–Crippen MR) is 95.3 cm³/mol. The monoisotopic (exact) mass is 354 g/mol. The smallest absolute Gasteiger partial charge is 0.410 e. The van der Waals surface area contributed by atoms with Gasteiger partial charge in [0.05, 0.1) is 30.2 Å². The highest BCUT2D eigenvalue weighted by atomic mass is 16.6. The van der Waals surface area contributed by atoms with Crippen molar-refractivity contribution in [3.05, 3.63) is 42.0 Å². The van der Waals surface area contributed by atoms with Crippen LogP contribution in [0.1, 0.15) is 20.8 Å². The minimum Gasteiger partial charge on any atom is -0.450 e. The van der Waals surface area contributed by atoms with Crippen LogP contribution in [-0.2, 0) is 14.3 Å². The molecule has 1 aliphatic carbocycles. The van der Waals surface area contributed by atoms with Crippen molar-refractivity contribution < 1.29 is 19.1 Å². The van der Waals surface area contributed by atoms with Crippen molar-refractivity contribution in [3.8, 4) is 0 Å². The summed E-state index contributed by atoms with van der Waals surface area (Å²) in [7, 11) is 0. The third-order valence-corrected chi connectivity index (χ3v) is 5.86. The number of imide groups is 1. The van der Waals surface area contributed by atoms with Crippen LogP contribution in [0, 0.1) is 17.8 Å². The lowest BCUT2D eigenvalue weighted by Gasteiger charge is -2.52. The summed E-state index contributed by atoms with van der Waals surface area (Å²) in [4.78, 5) is 41.8. The fraction of sp³-hybridized carbons (Fsp3) is 0.450. The second kappa shape index (κ2) is 5.97. The minimum absolute atomic E-state index is 0.166. The number of fused-ring (bicyclic) bond motifs is 1. The van der Waals surface area contributed by atoms with Crippen LogP contribution >= 0.6 is 0 Å². The van der Waals surface area contributed by atoms with Crippen molar-refractivity contribution in [3.63, 3.8) is 0 Å². The van der Waals surface area contributed by atoms with E-state index >= 15 is 0 Å². The summed E-state index contributed by atoms with van der Waals surface area (Å²) in [6.45, 7) is 5.89. The van der Waals surface area contributed by atoms with E-state index in [1.807, 2.05) is 32.0 Å². The minimum atomic E-state index is -0.543. The topological polar surface area (TPSA) is 66.9 Å². The first-order chi connectivity index (χ1) is 12.5. The van der Waals surface area contributed by atoms with E-state index in [0.717, 1.165) is 5.57 Å². The highest BCUT2D eigenvalue weighted by molar-refractivity contribution is 6.23. The Kier molecular flexibility index (Phi) is 3.86. The summed E-state index contributed by atoms with van der Waals surface area (Å²) >= 11 is 0. The Balaban J connectivity index is 1.77. The number of anilines is 1. The van der Waals surface area contributed by atoms with Crippen LogP contribution in [0.15, 0.2) is 42.0 Å². The molecule has 136 valence electrons. The van der Waals surface area contributed by atoms with Gasteiger partial charge in [0.2, 0.25) is 11.8 Å². The number of benzene rings is 1. The molecule has 3 amide bonds. The molecule has 26 heavy (non-hydrogen) atoms. The highest BCUT2D eigenvalue weighted by Gasteiger charge is 2.63. The zero-order valence-electron chi connectivity index (χ0n) is 15.1. The number of nitrogens with zero attached hydrogens (tertiary/aromatic N) is 2. The van der Waals surface area contributed by atoms with Crippen molar-refractivity contribution in [1.82, 2.24) is 4.90 Å². The molecular weight excluding hydrogens is 332 g/mol. The maximum atomic E-state index is 13.2. The van der Waals surface area contributed by atoms with Crippen LogP contribution in [0.25, 0.3) is 0 Å². The van der Waals surface area contributed by atoms with Gasteiger partial charge in [0.25, 0.3) is 0 Å². The average Bonchev–Trinajstić information content (AvgIpc) is 2.89. The molecule has 4 aliphatic rings. The molecule has 5 atom stereocenters. The maximum absolute atomic E-state index is 13.2. The molecule has 2 fully saturated rings. The van der Waals surface area contributed by atoms with Crippen molar-refractivity contribution in [1.29, 1.82) is 0 Å². The van der Waals surface area contributed by atoms with E-state index in [-0.39, 0.29) is 30.4 Å². The Morgan fingerprint density at radius 2 is 1.77 bits per heavy atom. The van der Waals surface area contributed by atoms with Crippen molar-refractivity contribution >= 4 is 23.6 Å².